The van der Waals surface area contributed by atoms with E-state index in [0.717, 1.165) is 5.75 Å². The molecule has 0 amide bonds. The molecule has 1 rings (SSSR count). The fraction of sp³-hybridized carbons (Fsp3) is 0.462. The predicted molar refractivity (Wildman–Crippen MR) is 65.7 cm³/mol. The van der Waals surface area contributed by atoms with E-state index in [0.29, 0.717) is 19.6 Å². The van der Waals surface area contributed by atoms with Crippen LogP contribution in [0, 0.1) is 5.92 Å². The quantitative estimate of drug-likeness (QED) is 0.578. The Bertz CT molecular complexity index is 323. The van der Waals surface area contributed by atoms with Crippen LogP contribution in [0.2, 0.25) is 0 Å². The van der Waals surface area contributed by atoms with E-state index in [2.05, 4.69) is 0 Å². The lowest BCUT2D eigenvalue weighted by atomic mass is 10.1. The fourth-order valence-electron chi connectivity index (χ4n) is 1.37. The van der Waals surface area contributed by atoms with Crippen LogP contribution >= 0.6 is 0 Å². The van der Waals surface area contributed by atoms with Crippen LogP contribution < -0.4 is 10.5 Å². The second-order valence-electron chi connectivity index (χ2n) is 3.67. The van der Waals surface area contributed by atoms with Crippen LogP contribution in [0.4, 0.5) is 0 Å². The van der Waals surface area contributed by atoms with Crippen molar-refractivity contribution in [1.29, 1.82) is 0 Å². The van der Waals surface area contributed by atoms with Crippen molar-refractivity contribution in [3.05, 3.63) is 30.3 Å². The monoisotopic (exact) mass is 237 g/mol. The van der Waals surface area contributed by atoms with Crippen LogP contribution in [0.1, 0.15) is 13.3 Å². The van der Waals surface area contributed by atoms with Gasteiger partial charge in [-0.1, -0.05) is 25.1 Å². The standard InChI is InChI=1S/C13H19NO3/c1-2-11(10-14)13(15)17-9-8-16-12-6-4-3-5-7-12/h3-7,11H,2,8-10,14H2,1H3. The Morgan fingerprint density at radius 1 is 1.29 bits per heavy atom. The highest BCUT2D eigenvalue weighted by Gasteiger charge is 2.15. The van der Waals surface area contributed by atoms with E-state index in [1.54, 1.807) is 0 Å². The molecule has 0 heterocycles. The molecule has 0 aliphatic heterocycles. The third-order valence-corrected chi connectivity index (χ3v) is 2.45. The summed E-state index contributed by atoms with van der Waals surface area (Å²) in [4.78, 5) is 11.5. The number of hydrogen-bond donors (Lipinski definition) is 1. The molecule has 1 aromatic rings. The summed E-state index contributed by atoms with van der Waals surface area (Å²) in [5.41, 5.74) is 5.45. The van der Waals surface area contributed by atoms with Crippen molar-refractivity contribution in [3.8, 4) is 5.75 Å². The summed E-state index contributed by atoms with van der Waals surface area (Å²) in [6.45, 7) is 2.86. The fourth-order valence-corrected chi connectivity index (χ4v) is 1.37. The topological polar surface area (TPSA) is 61.6 Å². The molecular weight excluding hydrogens is 218 g/mol. The third kappa shape index (κ3) is 4.87. The highest BCUT2D eigenvalue weighted by Crippen LogP contribution is 2.08. The first-order valence-corrected chi connectivity index (χ1v) is 5.82. The number of esters is 1. The molecule has 0 spiro atoms. The molecular formula is C13H19NO3. The van der Waals surface area contributed by atoms with Crippen molar-refractivity contribution < 1.29 is 14.3 Å². The lowest BCUT2D eigenvalue weighted by Crippen LogP contribution is -2.26. The molecule has 17 heavy (non-hydrogen) atoms. The number of carbonyl (C=O) groups is 1. The summed E-state index contributed by atoms with van der Waals surface area (Å²) >= 11 is 0. The van der Waals surface area contributed by atoms with Gasteiger partial charge in [-0.2, -0.15) is 0 Å². The summed E-state index contributed by atoms with van der Waals surface area (Å²) in [6.07, 6.45) is 0.703. The molecule has 0 radical (unpaired) electrons. The number of para-hydroxylation sites is 1. The maximum absolute atomic E-state index is 11.5. The average Bonchev–Trinajstić information content (AvgIpc) is 2.37. The van der Waals surface area contributed by atoms with Gasteiger partial charge in [0.05, 0.1) is 5.92 Å². The zero-order valence-corrected chi connectivity index (χ0v) is 10.1. The Morgan fingerprint density at radius 2 is 2.00 bits per heavy atom. The van der Waals surface area contributed by atoms with E-state index in [9.17, 15) is 4.79 Å². The second kappa shape index (κ2) is 7.68. The van der Waals surface area contributed by atoms with E-state index in [1.807, 2.05) is 37.3 Å². The molecule has 0 fully saturated rings. The highest BCUT2D eigenvalue weighted by molar-refractivity contribution is 5.72. The first-order chi connectivity index (χ1) is 8.27. The summed E-state index contributed by atoms with van der Waals surface area (Å²) in [5, 5.41) is 0. The zero-order valence-electron chi connectivity index (χ0n) is 10.1. The molecule has 4 heteroatoms. The van der Waals surface area contributed by atoms with Crippen LogP contribution in [0.15, 0.2) is 30.3 Å². The minimum Gasteiger partial charge on any atom is -0.490 e. The van der Waals surface area contributed by atoms with Gasteiger partial charge in [0.15, 0.2) is 0 Å². The number of rotatable bonds is 7. The highest BCUT2D eigenvalue weighted by atomic mass is 16.6. The Hall–Kier alpha value is -1.55. The minimum absolute atomic E-state index is 0.202. The predicted octanol–water partition coefficient (Wildman–Crippen LogP) is 1.59. The molecule has 2 N–H and O–H groups in total. The molecule has 0 saturated heterocycles. The molecule has 1 unspecified atom stereocenters. The maximum Gasteiger partial charge on any atom is 0.310 e. The van der Waals surface area contributed by atoms with Gasteiger partial charge in [-0.3, -0.25) is 4.79 Å². The Kier molecular flexibility index (Phi) is 6.10. The van der Waals surface area contributed by atoms with Gasteiger partial charge in [-0.15, -0.1) is 0 Å². The Morgan fingerprint density at radius 3 is 2.59 bits per heavy atom. The van der Waals surface area contributed by atoms with Gasteiger partial charge in [-0.25, -0.2) is 0 Å². The Balaban J connectivity index is 2.18. The van der Waals surface area contributed by atoms with Crippen molar-refractivity contribution in [2.24, 2.45) is 11.7 Å². The van der Waals surface area contributed by atoms with Gasteiger partial charge in [0.2, 0.25) is 0 Å². The summed E-state index contributed by atoms with van der Waals surface area (Å²) < 4.78 is 10.5. The average molecular weight is 237 g/mol. The Labute approximate surface area is 102 Å². The van der Waals surface area contributed by atoms with Gasteiger partial charge in [0.1, 0.15) is 19.0 Å². The molecule has 0 aliphatic rings. The number of hydrogen-bond acceptors (Lipinski definition) is 4. The van der Waals surface area contributed by atoms with Gasteiger partial charge in [-0.05, 0) is 18.6 Å². The van der Waals surface area contributed by atoms with E-state index in [-0.39, 0.29) is 18.5 Å². The number of benzene rings is 1. The summed E-state index contributed by atoms with van der Waals surface area (Å²) in [6, 6.07) is 9.42. The van der Waals surface area contributed by atoms with E-state index >= 15 is 0 Å². The number of nitrogens with two attached hydrogens (primary N) is 1. The zero-order chi connectivity index (χ0) is 12.5. The van der Waals surface area contributed by atoms with Crippen molar-refractivity contribution in [2.45, 2.75) is 13.3 Å². The summed E-state index contributed by atoms with van der Waals surface area (Å²) in [7, 11) is 0. The van der Waals surface area contributed by atoms with Gasteiger partial charge in [0, 0.05) is 6.54 Å². The number of carbonyl (C=O) groups excluding carboxylic acids is 1. The number of ether oxygens (including phenoxy) is 2. The van der Waals surface area contributed by atoms with Crippen LogP contribution in [-0.4, -0.2) is 25.7 Å². The first-order valence-electron chi connectivity index (χ1n) is 5.82. The molecule has 1 aromatic carbocycles. The van der Waals surface area contributed by atoms with Gasteiger partial charge >= 0.3 is 5.97 Å². The lowest BCUT2D eigenvalue weighted by molar-refractivity contribution is -0.149. The molecule has 4 nitrogen and oxygen atoms in total. The van der Waals surface area contributed by atoms with Crippen molar-refractivity contribution in [1.82, 2.24) is 0 Å². The van der Waals surface area contributed by atoms with Crippen LogP contribution in [0.3, 0.4) is 0 Å². The van der Waals surface area contributed by atoms with Crippen molar-refractivity contribution >= 4 is 5.97 Å². The normalized spacial score (nSPS) is 11.9. The minimum atomic E-state index is -0.244. The van der Waals surface area contributed by atoms with E-state index in [4.69, 9.17) is 15.2 Å². The van der Waals surface area contributed by atoms with E-state index in [1.165, 1.54) is 0 Å². The molecule has 0 aromatic heterocycles. The van der Waals surface area contributed by atoms with E-state index < -0.39 is 0 Å². The van der Waals surface area contributed by atoms with Crippen LogP contribution in [-0.2, 0) is 9.53 Å². The molecule has 0 bridgehead atoms. The molecule has 0 aliphatic carbocycles. The molecule has 1 atom stereocenters. The summed E-state index contributed by atoms with van der Waals surface area (Å²) in [5.74, 6) is 0.327. The van der Waals surface area contributed by atoms with Gasteiger partial charge in [0.25, 0.3) is 0 Å². The first kappa shape index (κ1) is 13.5. The van der Waals surface area contributed by atoms with Crippen molar-refractivity contribution in [3.63, 3.8) is 0 Å². The smallest absolute Gasteiger partial charge is 0.310 e. The molecule has 0 saturated carbocycles. The van der Waals surface area contributed by atoms with Gasteiger partial charge < -0.3 is 15.2 Å². The van der Waals surface area contributed by atoms with Crippen LogP contribution in [0.25, 0.3) is 0 Å². The third-order valence-electron chi connectivity index (χ3n) is 2.45. The largest absolute Gasteiger partial charge is 0.490 e. The van der Waals surface area contributed by atoms with Crippen molar-refractivity contribution in [2.75, 3.05) is 19.8 Å². The maximum atomic E-state index is 11.5. The van der Waals surface area contributed by atoms with Crippen LogP contribution in [0.5, 0.6) is 5.75 Å². The second-order valence-corrected chi connectivity index (χ2v) is 3.67. The lowest BCUT2D eigenvalue weighted by Gasteiger charge is -2.12. The SMILES string of the molecule is CCC(CN)C(=O)OCCOc1ccccc1. The molecule has 94 valence electrons.